The van der Waals surface area contributed by atoms with Crippen molar-refractivity contribution in [3.63, 3.8) is 0 Å². The molecule has 0 saturated carbocycles. The second kappa shape index (κ2) is 9.53. The van der Waals surface area contributed by atoms with E-state index in [9.17, 15) is 9.59 Å². The minimum Gasteiger partial charge on any atom is -0.467 e. The van der Waals surface area contributed by atoms with E-state index in [0.29, 0.717) is 41.1 Å². The van der Waals surface area contributed by atoms with Crippen molar-refractivity contribution in [2.45, 2.75) is 38.8 Å². The van der Waals surface area contributed by atoms with E-state index in [4.69, 9.17) is 16.0 Å². The molecule has 2 N–H and O–H groups in total. The summed E-state index contributed by atoms with van der Waals surface area (Å²) in [6.07, 6.45) is 3.97. The Bertz CT molecular complexity index is 1070. The Morgan fingerprint density at radius 3 is 3.00 bits per heavy atom. The number of furan rings is 1. The first-order valence-electron chi connectivity index (χ1n) is 10.1. The second-order valence-electron chi connectivity index (χ2n) is 7.43. The number of thiazole rings is 1. The minimum atomic E-state index is -0.510. The van der Waals surface area contributed by atoms with Crippen LogP contribution < -0.4 is 10.6 Å². The number of likely N-dealkylation sites (tertiary alicyclic amines) is 1. The van der Waals surface area contributed by atoms with Gasteiger partial charge in [-0.3, -0.25) is 9.59 Å². The number of amides is 2. The topological polar surface area (TPSA) is 87.5 Å². The van der Waals surface area contributed by atoms with Crippen molar-refractivity contribution in [1.82, 2.24) is 15.2 Å². The summed E-state index contributed by atoms with van der Waals surface area (Å²) in [5.41, 5.74) is 2.20. The predicted molar refractivity (Wildman–Crippen MR) is 121 cm³/mol. The Balaban J connectivity index is 1.44. The number of halogens is 1. The first-order valence-corrected chi connectivity index (χ1v) is 11.4. The van der Waals surface area contributed by atoms with Crippen molar-refractivity contribution in [2.75, 3.05) is 11.9 Å². The number of benzene rings is 1. The van der Waals surface area contributed by atoms with E-state index in [-0.39, 0.29) is 11.8 Å². The van der Waals surface area contributed by atoms with E-state index in [1.54, 1.807) is 28.7 Å². The number of aromatic nitrogens is 1. The van der Waals surface area contributed by atoms with Crippen molar-refractivity contribution < 1.29 is 14.0 Å². The molecule has 0 aliphatic carbocycles. The van der Waals surface area contributed by atoms with E-state index in [1.807, 2.05) is 25.1 Å². The van der Waals surface area contributed by atoms with Gasteiger partial charge < -0.3 is 20.0 Å². The van der Waals surface area contributed by atoms with Gasteiger partial charge in [-0.2, -0.15) is 0 Å². The molecule has 1 fully saturated rings. The first-order chi connectivity index (χ1) is 15.0. The molecule has 2 amide bonds. The van der Waals surface area contributed by atoms with E-state index in [0.717, 1.165) is 24.1 Å². The van der Waals surface area contributed by atoms with Gasteiger partial charge in [-0.1, -0.05) is 17.7 Å². The van der Waals surface area contributed by atoms with Gasteiger partial charge in [0.2, 0.25) is 5.91 Å². The number of carbonyl (C=O) groups excluding carboxylic acids is 2. The lowest BCUT2D eigenvalue weighted by molar-refractivity contribution is -0.126. The molecule has 1 atom stereocenters. The molecule has 31 heavy (non-hydrogen) atoms. The SMILES string of the molecule is Cc1ccc(Cl)cc1Nc1nc(C(=O)N2CCCC[C@@H]2C(=O)NCc2ccco2)cs1. The van der Waals surface area contributed by atoms with Crippen molar-refractivity contribution >= 4 is 45.6 Å². The molecule has 3 heterocycles. The third-order valence-electron chi connectivity index (χ3n) is 5.25. The standard InChI is InChI=1S/C22H23ClN4O3S/c1-14-7-8-15(23)11-17(14)25-22-26-18(13-31-22)21(29)27-9-3-2-6-19(27)20(28)24-12-16-5-4-10-30-16/h4-5,7-8,10-11,13,19H,2-3,6,9,12H2,1H3,(H,24,28)(H,25,26)/t19-/m1/s1. The lowest BCUT2D eigenvalue weighted by Gasteiger charge is -2.34. The highest BCUT2D eigenvalue weighted by molar-refractivity contribution is 7.14. The monoisotopic (exact) mass is 458 g/mol. The van der Waals surface area contributed by atoms with Crippen LogP contribution in [0.25, 0.3) is 0 Å². The number of nitrogens with one attached hydrogen (secondary N) is 2. The van der Waals surface area contributed by atoms with Crippen LogP contribution in [-0.2, 0) is 11.3 Å². The van der Waals surface area contributed by atoms with Crippen LogP contribution in [0.2, 0.25) is 5.02 Å². The van der Waals surface area contributed by atoms with E-state index in [1.165, 1.54) is 11.3 Å². The molecule has 4 rings (SSSR count). The van der Waals surface area contributed by atoms with Crippen LogP contribution in [0.4, 0.5) is 10.8 Å². The van der Waals surface area contributed by atoms with Crippen LogP contribution in [0.5, 0.6) is 0 Å². The Labute approximate surface area is 189 Å². The van der Waals surface area contributed by atoms with Crippen molar-refractivity contribution in [3.05, 3.63) is 64.0 Å². The maximum absolute atomic E-state index is 13.2. The third kappa shape index (κ3) is 5.08. The zero-order valence-corrected chi connectivity index (χ0v) is 18.6. The molecule has 0 spiro atoms. The Morgan fingerprint density at radius 1 is 1.32 bits per heavy atom. The average molecular weight is 459 g/mol. The van der Waals surface area contributed by atoms with Crippen molar-refractivity contribution in [3.8, 4) is 0 Å². The van der Waals surface area contributed by atoms with Crippen LogP contribution >= 0.6 is 22.9 Å². The smallest absolute Gasteiger partial charge is 0.274 e. The Morgan fingerprint density at radius 2 is 2.19 bits per heavy atom. The van der Waals surface area contributed by atoms with Gasteiger partial charge in [0.25, 0.3) is 5.91 Å². The fourth-order valence-electron chi connectivity index (χ4n) is 3.57. The maximum atomic E-state index is 13.2. The highest BCUT2D eigenvalue weighted by atomic mass is 35.5. The highest BCUT2D eigenvalue weighted by Crippen LogP contribution is 2.27. The maximum Gasteiger partial charge on any atom is 0.274 e. The van der Waals surface area contributed by atoms with Gasteiger partial charge in [0.1, 0.15) is 17.5 Å². The lowest BCUT2D eigenvalue weighted by Crippen LogP contribution is -2.51. The fourth-order valence-corrected chi connectivity index (χ4v) is 4.44. The number of hydrogen-bond donors (Lipinski definition) is 2. The summed E-state index contributed by atoms with van der Waals surface area (Å²) in [7, 11) is 0. The summed E-state index contributed by atoms with van der Waals surface area (Å²) >= 11 is 7.43. The van der Waals surface area contributed by atoms with E-state index in [2.05, 4.69) is 15.6 Å². The van der Waals surface area contributed by atoms with Crippen LogP contribution in [0.3, 0.4) is 0 Å². The lowest BCUT2D eigenvalue weighted by atomic mass is 10.0. The summed E-state index contributed by atoms with van der Waals surface area (Å²) in [6, 6.07) is 8.64. The highest BCUT2D eigenvalue weighted by Gasteiger charge is 2.33. The van der Waals surface area contributed by atoms with Crippen molar-refractivity contribution in [1.29, 1.82) is 0 Å². The van der Waals surface area contributed by atoms with Gasteiger partial charge in [0, 0.05) is 22.6 Å². The van der Waals surface area contributed by atoms with Gasteiger partial charge in [-0.15, -0.1) is 11.3 Å². The molecule has 1 aliphatic rings. The Hall–Kier alpha value is -2.84. The fraction of sp³-hybridized carbons (Fsp3) is 0.318. The van der Waals surface area contributed by atoms with Gasteiger partial charge in [0.05, 0.1) is 12.8 Å². The minimum absolute atomic E-state index is 0.174. The molecule has 1 aliphatic heterocycles. The van der Waals surface area contributed by atoms with Crippen LogP contribution in [-0.4, -0.2) is 34.3 Å². The predicted octanol–water partition coefficient (Wildman–Crippen LogP) is 4.75. The number of rotatable bonds is 6. The molecular formula is C22H23ClN4O3S. The van der Waals surface area contributed by atoms with Crippen molar-refractivity contribution in [2.24, 2.45) is 0 Å². The molecule has 0 unspecified atom stereocenters. The van der Waals surface area contributed by atoms with Crippen LogP contribution in [0.1, 0.15) is 41.1 Å². The van der Waals surface area contributed by atoms with Gasteiger partial charge in [-0.05, 0) is 56.0 Å². The van der Waals surface area contributed by atoms with E-state index < -0.39 is 6.04 Å². The summed E-state index contributed by atoms with van der Waals surface area (Å²) in [6.45, 7) is 2.80. The second-order valence-corrected chi connectivity index (χ2v) is 8.72. The number of aryl methyl sites for hydroxylation is 1. The summed E-state index contributed by atoms with van der Waals surface area (Å²) < 4.78 is 5.26. The number of nitrogens with zero attached hydrogens (tertiary/aromatic N) is 2. The number of piperidine rings is 1. The summed E-state index contributed by atoms with van der Waals surface area (Å²) in [5, 5.41) is 9.04. The number of anilines is 2. The summed E-state index contributed by atoms with van der Waals surface area (Å²) in [5.74, 6) is 0.270. The molecule has 9 heteroatoms. The third-order valence-corrected chi connectivity index (χ3v) is 6.24. The van der Waals surface area contributed by atoms with Gasteiger partial charge in [0.15, 0.2) is 5.13 Å². The Kier molecular flexibility index (Phi) is 6.58. The van der Waals surface area contributed by atoms with Gasteiger partial charge in [-0.25, -0.2) is 4.98 Å². The molecule has 2 aromatic heterocycles. The molecule has 162 valence electrons. The summed E-state index contributed by atoms with van der Waals surface area (Å²) in [4.78, 5) is 32.0. The number of hydrogen-bond acceptors (Lipinski definition) is 6. The van der Waals surface area contributed by atoms with E-state index >= 15 is 0 Å². The zero-order valence-electron chi connectivity index (χ0n) is 17.1. The molecule has 3 aromatic rings. The molecule has 7 nitrogen and oxygen atoms in total. The average Bonchev–Trinajstić information content (AvgIpc) is 3.46. The largest absolute Gasteiger partial charge is 0.467 e. The van der Waals surface area contributed by atoms with Crippen LogP contribution in [0, 0.1) is 6.92 Å². The molecule has 0 bridgehead atoms. The molecule has 1 aromatic carbocycles. The normalized spacial score (nSPS) is 16.2. The number of carbonyl (C=O) groups is 2. The van der Waals surface area contributed by atoms with Gasteiger partial charge >= 0.3 is 0 Å². The quantitative estimate of drug-likeness (QED) is 0.556. The zero-order chi connectivity index (χ0) is 21.8. The van der Waals surface area contributed by atoms with Crippen LogP contribution in [0.15, 0.2) is 46.4 Å². The molecule has 0 radical (unpaired) electrons. The first kappa shape index (κ1) is 21.4. The molecule has 1 saturated heterocycles. The molecular weight excluding hydrogens is 436 g/mol.